The minimum absolute atomic E-state index is 0.312. The molecule has 0 radical (unpaired) electrons. The third-order valence-electron chi connectivity index (χ3n) is 3.20. The molecule has 3 nitrogen and oxygen atoms in total. The Hall–Kier alpha value is -1.59. The van der Waals surface area contributed by atoms with E-state index in [0.717, 1.165) is 26.9 Å². The molecule has 0 aromatic heterocycles. The van der Waals surface area contributed by atoms with Crippen LogP contribution in [0, 0.1) is 13.8 Å². The third kappa shape index (κ3) is 4.21. The van der Waals surface area contributed by atoms with Crippen molar-refractivity contribution in [2.75, 3.05) is 13.2 Å². The molecular weight excluding hydrogens is 362 g/mol. The minimum Gasteiger partial charge on any atom is -0.489 e. The summed E-state index contributed by atoms with van der Waals surface area (Å²) in [6.07, 6.45) is 0. The van der Waals surface area contributed by atoms with Gasteiger partial charge in [0.2, 0.25) is 0 Å². The molecule has 2 N–H and O–H groups in total. The Morgan fingerprint density at radius 2 is 1.73 bits per heavy atom. The van der Waals surface area contributed by atoms with E-state index in [1.54, 1.807) is 0 Å². The smallest absolute Gasteiger partial charge is 0.129 e. The lowest BCUT2D eigenvalue weighted by Gasteiger charge is -2.14. The van der Waals surface area contributed by atoms with Gasteiger partial charge in [0, 0.05) is 4.47 Å². The topological polar surface area (TPSA) is 44.5 Å². The first kappa shape index (κ1) is 16.8. The Morgan fingerprint density at radius 3 is 2.36 bits per heavy atom. The summed E-state index contributed by atoms with van der Waals surface area (Å²) >= 11 is 8.44. The van der Waals surface area contributed by atoms with E-state index in [9.17, 15) is 0 Å². The van der Waals surface area contributed by atoms with E-state index in [1.165, 1.54) is 0 Å². The summed E-state index contributed by atoms with van der Waals surface area (Å²) in [6.45, 7) is 4.94. The van der Waals surface area contributed by atoms with Crippen LogP contribution < -0.4 is 15.2 Å². The highest BCUT2D eigenvalue weighted by atomic mass is 79.9. The van der Waals surface area contributed by atoms with Gasteiger partial charge in [-0.1, -0.05) is 46.3 Å². The van der Waals surface area contributed by atoms with Crippen LogP contribution in [-0.2, 0) is 0 Å². The van der Waals surface area contributed by atoms with E-state index in [2.05, 4.69) is 15.9 Å². The van der Waals surface area contributed by atoms with Crippen LogP contribution in [0.25, 0.3) is 0 Å². The highest BCUT2D eigenvalue weighted by Gasteiger charge is 2.08. The van der Waals surface area contributed by atoms with Crippen molar-refractivity contribution in [2.45, 2.75) is 13.8 Å². The quantitative estimate of drug-likeness (QED) is 0.604. The van der Waals surface area contributed by atoms with Crippen molar-refractivity contribution in [1.82, 2.24) is 0 Å². The van der Waals surface area contributed by atoms with E-state index >= 15 is 0 Å². The molecule has 0 spiro atoms. The summed E-state index contributed by atoms with van der Waals surface area (Å²) in [5.74, 6) is 1.58. The van der Waals surface area contributed by atoms with Crippen molar-refractivity contribution < 1.29 is 9.47 Å². The summed E-state index contributed by atoms with van der Waals surface area (Å²) < 4.78 is 12.5. The summed E-state index contributed by atoms with van der Waals surface area (Å²) in [6, 6.07) is 11.7. The fourth-order valence-electron chi connectivity index (χ4n) is 2.14. The Balaban J connectivity index is 1.96. The zero-order chi connectivity index (χ0) is 16.1. The van der Waals surface area contributed by atoms with Crippen LogP contribution >= 0.6 is 28.1 Å². The molecule has 0 amide bonds. The molecule has 0 aliphatic rings. The van der Waals surface area contributed by atoms with Crippen molar-refractivity contribution in [3.63, 3.8) is 0 Å². The van der Waals surface area contributed by atoms with Crippen molar-refractivity contribution in [2.24, 2.45) is 5.73 Å². The predicted molar refractivity (Wildman–Crippen MR) is 96.9 cm³/mol. The van der Waals surface area contributed by atoms with Crippen LogP contribution in [-0.4, -0.2) is 18.2 Å². The fourth-order valence-corrected chi connectivity index (χ4v) is 2.66. The van der Waals surface area contributed by atoms with Gasteiger partial charge >= 0.3 is 0 Å². The summed E-state index contributed by atoms with van der Waals surface area (Å²) in [5, 5.41) is 0. The maximum atomic E-state index is 5.82. The maximum Gasteiger partial charge on any atom is 0.129 e. The van der Waals surface area contributed by atoms with Crippen LogP contribution in [0.1, 0.15) is 16.7 Å². The number of halogens is 1. The second-order valence-electron chi connectivity index (χ2n) is 4.92. The molecule has 22 heavy (non-hydrogen) atoms. The minimum atomic E-state index is 0.312. The van der Waals surface area contributed by atoms with Crippen molar-refractivity contribution in [3.05, 3.63) is 57.6 Å². The monoisotopic (exact) mass is 379 g/mol. The molecule has 116 valence electrons. The second-order valence-corrected chi connectivity index (χ2v) is 6.28. The number of hydrogen-bond donors (Lipinski definition) is 1. The van der Waals surface area contributed by atoms with Crippen LogP contribution in [0.4, 0.5) is 0 Å². The maximum absolute atomic E-state index is 5.82. The molecule has 0 heterocycles. The van der Waals surface area contributed by atoms with Gasteiger partial charge in [-0.2, -0.15) is 0 Å². The Kier molecular flexibility index (Phi) is 5.80. The van der Waals surface area contributed by atoms with Crippen LogP contribution in [0.5, 0.6) is 11.5 Å². The van der Waals surface area contributed by atoms with Crippen LogP contribution in [0.3, 0.4) is 0 Å². The Bertz CT molecular complexity index is 668. The molecule has 0 saturated carbocycles. The number of nitrogens with two attached hydrogens (primary N) is 1. The highest BCUT2D eigenvalue weighted by molar-refractivity contribution is 9.10. The molecule has 0 fully saturated rings. The van der Waals surface area contributed by atoms with Gasteiger partial charge in [-0.3, -0.25) is 0 Å². The normalized spacial score (nSPS) is 10.3. The molecule has 0 aliphatic heterocycles. The van der Waals surface area contributed by atoms with E-state index in [-0.39, 0.29) is 0 Å². The van der Waals surface area contributed by atoms with Crippen LogP contribution in [0.15, 0.2) is 40.9 Å². The van der Waals surface area contributed by atoms with Gasteiger partial charge in [0.1, 0.15) is 29.7 Å². The first-order valence-electron chi connectivity index (χ1n) is 6.90. The molecule has 0 aliphatic carbocycles. The number of hydrogen-bond acceptors (Lipinski definition) is 3. The number of thiocarbonyl (C=S) groups is 1. The molecular formula is C17H18BrNO2S. The lowest BCUT2D eigenvalue weighted by atomic mass is 10.1. The lowest BCUT2D eigenvalue weighted by molar-refractivity contribution is 0.215. The SMILES string of the molecule is Cc1cccc(C)c1OCCOc1ccc(Br)cc1C(N)=S. The summed E-state index contributed by atoms with van der Waals surface area (Å²) in [4.78, 5) is 0.312. The third-order valence-corrected chi connectivity index (χ3v) is 3.92. The molecule has 0 unspecified atom stereocenters. The molecule has 0 atom stereocenters. The van der Waals surface area contributed by atoms with Gasteiger partial charge in [0.15, 0.2) is 0 Å². The number of benzene rings is 2. The van der Waals surface area contributed by atoms with E-state index in [1.807, 2.05) is 50.2 Å². The fraction of sp³-hybridized carbons (Fsp3) is 0.235. The van der Waals surface area contributed by atoms with E-state index in [4.69, 9.17) is 27.4 Å². The van der Waals surface area contributed by atoms with Crippen molar-refractivity contribution in [3.8, 4) is 11.5 Å². The zero-order valence-electron chi connectivity index (χ0n) is 12.6. The van der Waals surface area contributed by atoms with Crippen molar-refractivity contribution in [1.29, 1.82) is 0 Å². The molecule has 0 saturated heterocycles. The predicted octanol–water partition coefficient (Wildman–Crippen LogP) is 4.16. The van der Waals surface area contributed by atoms with Gasteiger partial charge in [0.25, 0.3) is 0 Å². The van der Waals surface area contributed by atoms with Crippen LogP contribution in [0.2, 0.25) is 0 Å². The van der Waals surface area contributed by atoms with Gasteiger partial charge < -0.3 is 15.2 Å². The largest absolute Gasteiger partial charge is 0.489 e. The molecule has 2 rings (SSSR count). The average Bonchev–Trinajstić information content (AvgIpc) is 2.47. The molecule has 2 aromatic carbocycles. The second kappa shape index (κ2) is 7.61. The van der Waals surface area contributed by atoms with Gasteiger partial charge in [-0.15, -0.1) is 0 Å². The van der Waals surface area contributed by atoms with E-state index in [0.29, 0.717) is 24.0 Å². The zero-order valence-corrected chi connectivity index (χ0v) is 15.0. The number of rotatable bonds is 6. The highest BCUT2D eigenvalue weighted by Crippen LogP contribution is 2.24. The van der Waals surface area contributed by atoms with Crippen molar-refractivity contribution >= 4 is 33.1 Å². The van der Waals surface area contributed by atoms with Gasteiger partial charge in [0.05, 0.1) is 5.56 Å². The molecule has 2 aromatic rings. The Morgan fingerprint density at radius 1 is 1.09 bits per heavy atom. The summed E-state index contributed by atoms with van der Waals surface area (Å²) in [7, 11) is 0. The molecule has 5 heteroatoms. The first-order valence-corrected chi connectivity index (χ1v) is 8.10. The number of ether oxygens (including phenoxy) is 2. The average molecular weight is 380 g/mol. The van der Waals surface area contributed by atoms with Gasteiger partial charge in [-0.05, 0) is 43.2 Å². The molecule has 0 bridgehead atoms. The standard InChI is InChI=1S/C17H18BrNO2S/c1-11-4-3-5-12(2)16(11)21-9-8-20-15-7-6-13(18)10-14(15)17(19)22/h3-7,10H,8-9H2,1-2H3,(H2,19,22). The lowest BCUT2D eigenvalue weighted by Crippen LogP contribution is -2.15. The Labute approximate surface area is 144 Å². The number of para-hydroxylation sites is 1. The summed E-state index contributed by atoms with van der Waals surface area (Å²) in [5.41, 5.74) is 8.67. The first-order chi connectivity index (χ1) is 10.5. The van der Waals surface area contributed by atoms with Gasteiger partial charge in [-0.25, -0.2) is 0 Å². The van der Waals surface area contributed by atoms with E-state index < -0.39 is 0 Å². The number of aryl methyl sites for hydroxylation is 2.